The van der Waals surface area contributed by atoms with E-state index in [4.69, 9.17) is 0 Å². The Morgan fingerprint density at radius 3 is 2.60 bits per heavy atom. The van der Waals surface area contributed by atoms with Gasteiger partial charge in [0.15, 0.2) is 5.78 Å². The van der Waals surface area contributed by atoms with Crippen molar-refractivity contribution in [2.24, 2.45) is 5.92 Å². The van der Waals surface area contributed by atoms with E-state index >= 15 is 0 Å². The van der Waals surface area contributed by atoms with Crippen molar-refractivity contribution in [1.82, 2.24) is 5.32 Å². The molecule has 0 amide bonds. The topological polar surface area (TPSA) is 29.1 Å². The van der Waals surface area contributed by atoms with Crippen LogP contribution in [0, 0.1) is 12.8 Å². The second-order valence-corrected chi connectivity index (χ2v) is 4.20. The van der Waals surface area contributed by atoms with E-state index in [0.717, 1.165) is 37.1 Å². The Morgan fingerprint density at radius 2 is 1.93 bits per heavy atom. The number of carbonyl (C=O) groups excluding carboxylic acids is 1. The van der Waals surface area contributed by atoms with E-state index < -0.39 is 0 Å². The second-order valence-electron chi connectivity index (χ2n) is 4.20. The molecule has 0 radical (unpaired) electrons. The lowest BCUT2D eigenvalue weighted by Crippen LogP contribution is -2.32. The molecule has 1 aliphatic heterocycles. The highest BCUT2D eigenvalue weighted by Gasteiger charge is 2.22. The fraction of sp³-hybridized carbons (Fsp3) is 0.462. The number of Topliss-reactive ketones (excluding diaryl/α,β-unsaturated/α-hetero) is 1. The average molecular weight is 203 g/mol. The number of hydrogen-bond acceptors (Lipinski definition) is 2. The van der Waals surface area contributed by atoms with Gasteiger partial charge in [-0.15, -0.1) is 0 Å². The zero-order chi connectivity index (χ0) is 10.7. The summed E-state index contributed by atoms with van der Waals surface area (Å²) in [5.74, 6) is 0.557. The van der Waals surface area contributed by atoms with Crippen LogP contribution in [-0.2, 0) is 0 Å². The molecule has 2 heteroatoms. The van der Waals surface area contributed by atoms with Gasteiger partial charge in [-0.25, -0.2) is 0 Å². The molecule has 2 rings (SSSR count). The van der Waals surface area contributed by atoms with Crippen molar-refractivity contribution >= 4 is 5.78 Å². The number of piperidine rings is 1. The first-order chi connectivity index (χ1) is 7.29. The molecule has 0 atom stereocenters. The third-order valence-electron chi connectivity index (χ3n) is 3.12. The van der Waals surface area contributed by atoms with E-state index in [-0.39, 0.29) is 5.92 Å². The molecule has 2 nitrogen and oxygen atoms in total. The van der Waals surface area contributed by atoms with Gasteiger partial charge in [-0.1, -0.05) is 24.3 Å². The molecule has 15 heavy (non-hydrogen) atoms. The number of ketones is 1. The third-order valence-corrected chi connectivity index (χ3v) is 3.12. The Labute approximate surface area is 90.7 Å². The summed E-state index contributed by atoms with van der Waals surface area (Å²) < 4.78 is 0. The van der Waals surface area contributed by atoms with Crippen molar-refractivity contribution in [3.8, 4) is 0 Å². The van der Waals surface area contributed by atoms with E-state index in [1.54, 1.807) is 0 Å². The molecule has 0 bridgehead atoms. The lowest BCUT2D eigenvalue weighted by Gasteiger charge is -2.21. The van der Waals surface area contributed by atoms with Gasteiger partial charge in [0.1, 0.15) is 0 Å². The van der Waals surface area contributed by atoms with Crippen LogP contribution >= 0.6 is 0 Å². The van der Waals surface area contributed by atoms with Gasteiger partial charge < -0.3 is 5.32 Å². The summed E-state index contributed by atoms with van der Waals surface area (Å²) in [6, 6.07) is 7.88. The van der Waals surface area contributed by atoms with Gasteiger partial charge in [0.25, 0.3) is 0 Å². The van der Waals surface area contributed by atoms with Gasteiger partial charge in [-0.3, -0.25) is 4.79 Å². The fourth-order valence-corrected chi connectivity index (χ4v) is 2.15. The standard InChI is InChI=1S/C13H17NO/c1-10-4-2-3-5-12(10)13(15)11-6-8-14-9-7-11/h2-5,11,14H,6-9H2,1H3. The van der Waals surface area contributed by atoms with Gasteiger partial charge in [0, 0.05) is 11.5 Å². The zero-order valence-corrected chi connectivity index (χ0v) is 9.12. The number of rotatable bonds is 2. The van der Waals surface area contributed by atoms with Crippen LogP contribution in [0.25, 0.3) is 0 Å². The van der Waals surface area contributed by atoms with E-state index in [1.807, 2.05) is 31.2 Å². The second kappa shape index (κ2) is 4.58. The van der Waals surface area contributed by atoms with Gasteiger partial charge in [-0.05, 0) is 38.4 Å². The first-order valence-electron chi connectivity index (χ1n) is 5.59. The summed E-state index contributed by atoms with van der Waals surface area (Å²) in [4.78, 5) is 12.2. The lowest BCUT2D eigenvalue weighted by molar-refractivity contribution is 0.0894. The molecule has 1 aliphatic rings. The summed E-state index contributed by atoms with van der Waals surface area (Å²) in [5.41, 5.74) is 2.01. The number of hydrogen-bond donors (Lipinski definition) is 1. The predicted octanol–water partition coefficient (Wildman–Crippen LogP) is 2.18. The monoisotopic (exact) mass is 203 g/mol. The maximum absolute atomic E-state index is 12.2. The number of aryl methyl sites for hydroxylation is 1. The maximum atomic E-state index is 12.2. The van der Waals surface area contributed by atoms with Crippen molar-refractivity contribution in [2.75, 3.05) is 13.1 Å². The fourth-order valence-electron chi connectivity index (χ4n) is 2.15. The molecule has 1 N–H and O–H groups in total. The van der Waals surface area contributed by atoms with Gasteiger partial charge in [0.05, 0.1) is 0 Å². The van der Waals surface area contributed by atoms with Crippen LogP contribution in [0.5, 0.6) is 0 Å². The minimum atomic E-state index is 0.229. The Balaban J connectivity index is 2.16. The van der Waals surface area contributed by atoms with Crippen LogP contribution in [0.1, 0.15) is 28.8 Å². The predicted molar refractivity (Wildman–Crippen MR) is 61.1 cm³/mol. The molecule has 0 aliphatic carbocycles. The quantitative estimate of drug-likeness (QED) is 0.746. The van der Waals surface area contributed by atoms with E-state index in [1.165, 1.54) is 0 Å². The van der Waals surface area contributed by atoms with Crippen LogP contribution < -0.4 is 5.32 Å². The highest BCUT2D eigenvalue weighted by atomic mass is 16.1. The molecule has 0 aromatic heterocycles. The van der Waals surface area contributed by atoms with Crippen LogP contribution in [0.3, 0.4) is 0 Å². The minimum Gasteiger partial charge on any atom is -0.317 e. The van der Waals surface area contributed by atoms with Crippen molar-refractivity contribution < 1.29 is 4.79 Å². The first kappa shape index (κ1) is 10.4. The first-order valence-corrected chi connectivity index (χ1v) is 5.59. The molecule has 1 fully saturated rings. The smallest absolute Gasteiger partial charge is 0.166 e. The summed E-state index contributed by atoms with van der Waals surface area (Å²) in [6.07, 6.45) is 1.96. The summed E-state index contributed by atoms with van der Waals surface area (Å²) >= 11 is 0. The van der Waals surface area contributed by atoms with Crippen molar-refractivity contribution in [3.63, 3.8) is 0 Å². The van der Waals surface area contributed by atoms with Gasteiger partial charge >= 0.3 is 0 Å². The number of benzene rings is 1. The SMILES string of the molecule is Cc1ccccc1C(=O)C1CCNCC1. The van der Waals surface area contributed by atoms with Crippen molar-refractivity contribution in [3.05, 3.63) is 35.4 Å². The van der Waals surface area contributed by atoms with E-state index in [2.05, 4.69) is 5.32 Å². The van der Waals surface area contributed by atoms with Crippen molar-refractivity contribution in [2.45, 2.75) is 19.8 Å². The van der Waals surface area contributed by atoms with Gasteiger partial charge in [0.2, 0.25) is 0 Å². The summed E-state index contributed by atoms with van der Waals surface area (Å²) in [6.45, 7) is 3.96. The molecule has 0 unspecified atom stereocenters. The maximum Gasteiger partial charge on any atom is 0.166 e. The van der Waals surface area contributed by atoms with E-state index in [0.29, 0.717) is 5.78 Å². The molecule has 1 saturated heterocycles. The molecular weight excluding hydrogens is 186 g/mol. The van der Waals surface area contributed by atoms with Gasteiger partial charge in [-0.2, -0.15) is 0 Å². The van der Waals surface area contributed by atoms with Crippen LogP contribution in [0.15, 0.2) is 24.3 Å². The molecule has 1 aromatic rings. The lowest BCUT2D eigenvalue weighted by atomic mass is 9.88. The Hall–Kier alpha value is -1.15. The molecule has 1 heterocycles. The highest BCUT2D eigenvalue weighted by Crippen LogP contribution is 2.20. The highest BCUT2D eigenvalue weighted by molar-refractivity contribution is 5.99. The summed E-state index contributed by atoms with van der Waals surface area (Å²) in [7, 11) is 0. The third kappa shape index (κ3) is 2.26. The Kier molecular flexibility index (Phi) is 3.17. The van der Waals surface area contributed by atoms with Crippen LogP contribution in [0.4, 0.5) is 0 Å². The van der Waals surface area contributed by atoms with E-state index in [9.17, 15) is 4.79 Å². The molecule has 1 aromatic carbocycles. The zero-order valence-electron chi connectivity index (χ0n) is 9.12. The molecule has 80 valence electrons. The summed E-state index contributed by atoms with van der Waals surface area (Å²) in [5, 5.41) is 3.28. The van der Waals surface area contributed by atoms with Crippen LogP contribution in [0.2, 0.25) is 0 Å². The Morgan fingerprint density at radius 1 is 1.27 bits per heavy atom. The molecular formula is C13H17NO. The molecule has 0 saturated carbocycles. The number of nitrogens with one attached hydrogen (secondary N) is 1. The largest absolute Gasteiger partial charge is 0.317 e. The number of carbonyl (C=O) groups is 1. The van der Waals surface area contributed by atoms with Crippen molar-refractivity contribution in [1.29, 1.82) is 0 Å². The average Bonchev–Trinajstić information content (AvgIpc) is 2.30. The van der Waals surface area contributed by atoms with Crippen LogP contribution in [-0.4, -0.2) is 18.9 Å². The Bertz CT molecular complexity index is 353. The normalized spacial score (nSPS) is 17.7. The molecule has 0 spiro atoms. The minimum absolute atomic E-state index is 0.229.